The van der Waals surface area contributed by atoms with Crippen molar-refractivity contribution in [1.82, 2.24) is 0 Å². The number of rotatable bonds is 3. The summed E-state index contributed by atoms with van der Waals surface area (Å²) in [6.45, 7) is 0. The monoisotopic (exact) mass is 312 g/mol. The zero-order chi connectivity index (χ0) is 14.9. The van der Waals surface area contributed by atoms with E-state index in [0.29, 0.717) is 25.0 Å². The van der Waals surface area contributed by atoms with E-state index in [2.05, 4.69) is 17.4 Å². The molecule has 1 aliphatic rings. The summed E-state index contributed by atoms with van der Waals surface area (Å²) in [4.78, 5) is 0. The van der Waals surface area contributed by atoms with Crippen molar-refractivity contribution in [3.05, 3.63) is 29.6 Å². The molecule has 112 valence electrons. The van der Waals surface area contributed by atoms with Crippen LogP contribution in [0, 0.1) is 23.4 Å². The van der Waals surface area contributed by atoms with Crippen LogP contribution in [0.25, 0.3) is 0 Å². The maximum absolute atomic E-state index is 13.9. The van der Waals surface area contributed by atoms with Crippen LogP contribution in [0.5, 0.6) is 5.75 Å². The average Bonchev–Trinajstić information content (AvgIpc) is 2.36. The molecule has 0 N–H and O–H groups in total. The normalized spacial score (nSPS) is 23.7. The van der Waals surface area contributed by atoms with E-state index in [-0.39, 0.29) is 18.1 Å². The van der Waals surface area contributed by atoms with Gasteiger partial charge in [0.05, 0.1) is 5.92 Å². The molecule has 20 heavy (non-hydrogen) atoms. The second-order valence-corrected chi connectivity index (χ2v) is 5.60. The highest BCUT2D eigenvalue weighted by molar-refractivity contribution is 7.80. The quantitative estimate of drug-likeness (QED) is 0.489. The molecule has 1 aliphatic carbocycles. The van der Waals surface area contributed by atoms with Crippen LogP contribution in [-0.4, -0.2) is 11.4 Å². The van der Waals surface area contributed by atoms with Crippen LogP contribution in [0.2, 0.25) is 0 Å². The molecule has 0 aromatic heterocycles. The van der Waals surface area contributed by atoms with Gasteiger partial charge in [0.15, 0.2) is 17.5 Å². The first-order chi connectivity index (χ1) is 9.29. The zero-order valence-corrected chi connectivity index (χ0v) is 11.3. The van der Waals surface area contributed by atoms with Crippen molar-refractivity contribution < 1.29 is 26.7 Å². The molecule has 7 heteroatoms. The average molecular weight is 312 g/mol. The minimum Gasteiger partial charge on any atom is -0.432 e. The molecular weight excluding hydrogens is 299 g/mol. The molecule has 2 rings (SSSR count). The van der Waals surface area contributed by atoms with Crippen molar-refractivity contribution >= 4 is 12.6 Å². The molecule has 1 aromatic carbocycles. The number of ether oxygens (including phenoxy) is 1. The van der Waals surface area contributed by atoms with E-state index in [1.807, 2.05) is 0 Å². The lowest BCUT2D eigenvalue weighted by Crippen LogP contribution is -2.37. The fourth-order valence-electron chi connectivity index (χ4n) is 2.24. The van der Waals surface area contributed by atoms with Gasteiger partial charge in [-0.2, -0.15) is 21.4 Å². The fraction of sp³-hybridized carbons (Fsp3) is 0.538. The van der Waals surface area contributed by atoms with E-state index in [1.54, 1.807) is 0 Å². The van der Waals surface area contributed by atoms with Gasteiger partial charge in [0.1, 0.15) is 5.75 Å². The number of alkyl halides is 2. The molecule has 1 aromatic rings. The first-order valence-electron chi connectivity index (χ1n) is 6.19. The molecule has 1 nitrogen and oxygen atoms in total. The number of hydrogen-bond acceptors (Lipinski definition) is 2. The summed E-state index contributed by atoms with van der Waals surface area (Å²) in [6.07, 6.45) is -2.07. The van der Waals surface area contributed by atoms with Crippen LogP contribution >= 0.6 is 12.6 Å². The van der Waals surface area contributed by atoms with E-state index in [9.17, 15) is 22.0 Å². The van der Waals surface area contributed by atoms with Gasteiger partial charge < -0.3 is 4.74 Å². The summed E-state index contributed by atoms with van der Waals surface area (Å²) in [5, 5.41) is 0.0859. The molecule has 0 bridgehead atoms. The van der Waals surface area contributed by atoms with Gasteiger partial charge in [-0.05, 0) is 25.7 Å². The van der Waals surface area contributed by atoms with Gasteiger partial charge in [0.2, 0.25) is 0 Å². The summed E-state index contributed by atoms with van der Waals surface area (Å²) < 4.78 is 70.8. The van der Waals surface area contributed by atoms with Crippen LogP contribution < -0.4 is 4.74 Å². The Kier molecular flexibility index (Phi) is 4.46. The van der Waals surface area contributed by atoms with E-state index >= 15 is 0 Å². The van der Waals surface area contributed by atoms with Gasteiger partial charge in [0, 0.05) is 17.4 Å². The number of benzene rings is 1. The Morgan fingerprint density at radius 3 is 2.00 bits per heavy atom. The smallest absolute Gasteiger partial charge is 0.400 e. The fourth-order valence-corrected chi connectivity index (χ4v) is 2.54. The second-order valence-electron chi connectivity index (χ2n) is 4.87. The first-order valence-corrected chi connectivity index (χ1v) is 6.70. The third kappa shape index (κ3) is 3.37. The Morgan fingerprint density at radius 2 is 1.50 bits per heavy atom. The molecular formula is C13H13F5OS. The van der Waals surface area contributed by atoms with Crippen molar-refractivity contribution in [2.24, 2.45) is 5.92 Å². The highest BCUT2D eigenvalue weighted by atomic mass is 32.1. The largest absolute Gasteiger partial charge is 0.432 e. The van der Waals surface area contributed by atoms with Crippen molar-refractivity contribution in [3.63, 3.8) is 0 Å². The number of halogens is 5. The van der Waals surface area contributed by atoms with Gasteiger partial charge in [-0.15, -0.1) is 0 Å². The molecule has 0 spiro atoms. The van der Waals surface area contributed by atoms with Gasteiger partial charge >= 0.3 is 6.11 Å². The molecule has 0 unspecified atom stereocenters. The molecule has 0 heterocycles. The molecule has 0 aliphatic heterocycles. The van der Waals surface area contributed by atoms with Crippen LogP contribution in [0.15, 0.2) is 12.1 Å². The van der Waals surface area contributed by atoms with E-state index < -0.39 is 35.2 Å². The minimum absolute atomic E-state index is 0.0859. The summed E-state index contributed by atoms with van der Waals surface area (Å²) in [7, 11) is 0. The number of thiol groups is 1. The highest BCUT2D eigenvalue weighted by Crippen LogP contribution is 2.39. The van der Waals surface area contributed by atoms with Gasteiger partial charge in [-0.1, -0.05) is 0 Å². The van der Waals surface area contributed by atoms with Gasteiger partial charge in [-0.25, -0.2) is 13.2 Å². The second kappa shape index (κ2) is 5.79. The molecule has 1 saturated carbocycles. The lowest BCUT2D eigenvalue weighted by Gasteiger charge is -2.31. The van der Waals surface area contributed by atoms with Gasteiger partial charge in [-0.3, -0.25) is 0 Å². The Morgan fingerprint density at radius 1 is 1.00 bits per heavy atom. The molecule has 0 saturated heterocycles. The summed E-state index contributed by atoms with van der Waals surface area (Å²) >= 11 is 4.21. The van der Waals surface area contributed by atoms with E-state index in [1.165, 1.54) is 0 Å². The highest BCUT2D eigenvalue weighted by Gasteiger charge is 2.43. The van der Waals surface area contributed by atoms with E-state index in [0.717, 1.165) is 0 Å². The maximum Gasteiger partial charge on any atom is 0.400 e. The van der Waals surface area contributed by atoms with Crippen molar-refractivity contribution in [1.29, 1.82) is 0 Å². The van der Waals surface area contributed by atoms with Gasteiger partial charge in [0.25, 0.3) is 0 Å². The van der Waals surface area contributed by atoms with Crippen molar-refractivity contribution in [2.45, 2.75) is 37.0 Å². The van der Waals surface area contributed by atoms with Crippen LogP contribution in [0.1, 0.15) is 25.7 Å². The van der Waals surface area contributed by atoms with Crippen LogP contribution in [0.4, 0.5) is 22.0 Å². The Labute approximate surface area is 118 Å². The SMILES string of the molecule is Fc1cc(OC(F)(F)C2CCC(S)CC2)cc(F)c1F. The zero-order valence-electron chi connectivity index (χ0n) is 10.4. The van der Waals surface area contributed by atoms with Crippen molar-refractivity contribution in [2.75, 3.05) is 0 Å². The Balaban J connectivity index is 2.11. The van der Waals surface area contributed by atoms with Crippen LogP contribution in [-0.2, 0) is 0 Å². The Hall–Kier alpha value is -0.980. The van der Waals surface area contributed by atoms with Crippen molar-refractivity contribution in [3.8, 4) is 5.75 Å². The predicted molar refractivity (Wildman–Crippen MR) is 66.6 cm³/mol. The minimum atomic E-state index is -3.55. The number of hydrogen-bond donors (Lipinski definition) is 1. The lowest BCUT2D eigenvalue weighted by molar-refractivity contribution is -0.221. The standard InChI is InChI=1S/C13H13F5OS/c14-10-5-8(6-11(15)12(10)16)19-13(17,18)7-1-3-9(20)4-2-7/h5-7,9,20H,1-4H2. The summed E-state index contributed by atoms with van der Waals surface area (Å²) in [5.41, 5.74) is 0. The molecule has 0 amide bonds. The van der Waals surface area contributed by atoms with Crippen LogP contribution in [0.3, 0.4) is 0 Å². The maximum atomic E-state index is 13.9. The Bertz CT molecular complexity index is 463. The molecule has 0 radical (unpaired) electrons. The lowest BCUT2D eigenvalue weighted by atomic mass is 9.88. The molecule has 1 fully saturated rings. The topological polar surface area (TPSA) is 9.23 Å². The predicted octanol–water partition coefficient (Wildman–Crippen LogP) is 4.56. The third-order valence-corrected chi connectivity index (χ3v) is 3.90. The third-order valence-electron chi connectivity index (χ3n) is 3.38. The summed E-state index contributed by atoms with van der Waals surface area (Å²) in [6, 6.07) is 0.827. The van der Waals surface area contributed by atoms with E-state index in [4.69, 9.17) is 0 Å². The molecule has 0 atom stereocenters. The summed E-state index contributed by atoms with van der Waals surface area (Å²) in [5.74, 6) is -6.59. The first kappa shape index (κ1) is 15.4.